The number of Topliss-reactive ketones (excluding diaryl/α,β-unsaturated/α-hetero) is 1. The number of halogens is 6. The third kappa shape index (κ3) is 2.69. The van der Waals surface area contributed by atoms with E-state index in [4.69, 9.17) is 11.6 Å². The Morgan fingerprint density at radius 1 is 1.25 bits per heavy atom. The number of ketones is 1. The Hall–Kier alpha value is -1.17. The van der Waals surface area contributed by atoms with Crippen molar-refractivity contribution in [3.05, 3.63) is 34.3 Å². The molecule has 0 unspecified atom stereocenters. The van der Waals surface area contributed by atoms with Gasteiger partial charge in [0.2, 0.25) is 0 Å². The molecule has 1 nitrogen and oxygen atoms in total. The molecule has 0 amide bonds. The summed E-state index contributed by atoms with van der Waals surface area (Å²) in [6, 6.07) is 2.04. The van der Waals surface area contributed by atoms with Gasteiger partial charge in [-0.25, -0.2) is 8.78 Å². The van der Waals surface area contributed by atoms with Crippen LogP contribution in [-0.4, -0.2) is 12.0 Å². The minimum Gasteiger partial charge on any atom is -0.284 e. The molecule has 0 saturated heterocycles. The van der Waals surface area contributed by atoms with Crippen LogP contribution in [-0.2, 0) is 0 Å². The van der Waals surface area contributed by atoms with Crippen LogP contribution in [0.5, 0.6) is 0 Å². The Bertz CT molecular complexity index is 413. The smallest absolute Gasteiger partial charge is 0.284 e. The van der Waals surface area contributed by atoms with Crippen molar-refractivity contribution < 1.29 is 26.7 Å². The Labute approximate surface area is 91.8 Å². The van der Waals surface area contributed by atoms with Crippen LogP contribution in [0.15, 0.2) is 18.2 Å². The molecule has 0 heterocycles. The van der Waals surface area contributed by atoms with Gasteiger partial charge in [-0.3, -0.25) is 4.79 Å². The molecule has 0 aliphatic heterocycles. The summed E-state index contributed by atoms with van der Waals surface area (Å²) in [4.78, 5) is 10.7. The van der Waals surface area contributed by atoms with E-state index in [1.54, 1.807) is 0 Å². The van der Waals surface area contributed by atoms with E-state index in [-0.39, 0.29) is 5.02 Å². The lowest BCUT2D eigenvalue weighted by atomic mass is 10.1. The summed E-state index contributed by atoms with van der Waals surface area (Å²) in [7, 11) is 0. The fourth-order valence-electron chi connectivity index (χ4n) is 1.02. The number of alkyl halides is 5. The first kappa shape index (κ1) is 12.9. The predicted molar refractivity (Wildman–Crippen MR) is 46.8 cm³/mol. The summed E-state index contributed by atoms with van der Waals surface area (Å²) in [5.41, 5.74) is -1.65. The van der Waals surface area contributed by atoms with E-state index in [2.05, 4.69) is 0 Å². The first-order valence-electron chi connectivity index (χ1n) is 3.92. The zero-order chi connectivity index (χ0) is 12.5. The maximum absolute atomic E-state index is 12.3. The van der Waals surface area contributed by atoms with Crippen LogP contribution < -0.4 is 0 Å². The molecule has 0 fully saturated rings. The maximum atomic E-state index is 12.3. The van der Waals surface area contributed by atoms with E-state index in [9.17, 15) is 26.7 Å². The number of carbonyl (C=O) groups excluding carboxylic acids is 1. The molecule has 88 valence electrons. The third-order valence-electron chi connectivity index (χ3n) is 1.75. The molecule has 0 aliphatic rings. The SMILES string of the molecule is O=C(c1ccc(Cl)c(C(F)F)c1)C(F)(F)F. The fraction of sp³-hybridized carbons (Fsp3) is 0.222. The molecule has 0 bridgehead atoms. The molecular weight excluding hydrogens is 255 g/mol. The molecule has 1 aromatic rings. The zero-order valence-corrected chi connectivity index (χ0v) is 8.24. The van der Waals surface area contributed by atoms with Crippen LogP contribution in [0.4, 0.5) is 22.0 Å². The minimum absolute atomic E-state index is 0.381. The van der Waals surface area contributed by atoms with Crippen LogP contribution in [0.1, 0.15) is 22.3 Å². The van der Waals surface area contributed by atoms with Crippen LogP contribution in [0.2, 0.25) is 5.02 Å². The number of hydrogen-bond donors (Lipinski definition) is 0. The molecule has 7 heteroatoms. The topological polar surface area (TPSA) is 17.1 Å². The summed E-state index contributed by atoms with van der Waals surface area (Å²) >= 11 is 5.34. The largest absolute Gasteiger partial charge is 0.454 e. The zero-order valence-electron chi connectivity index (χ0n) is 7.49. The molecule has 0 atom stereocenters. The lowest BCUT2D eigenvalue weighted by molar-refractivity contribution is -0.0885. The summed E-state index contributed by atoms with van der Waals surface area (Å²) in [5, 5.41) is -0.381. The van der Waals surface area contributed by atoms with Crippen LogP contribution in [0, 0.1) is 0 Å². The van der Waals surface area contributed by atoms with E-state index in [0.29, 0.717) is 6.07 Å². The molecule has 0 aliphatic carbocycles. The van der Waals surface area contributed by atoms with Gasteiger partial charge in [0.05, 0.1) is 0 Å². The normalized spacial score (nSPS) is 11.9. The van der Waals surface area contributed by atoms with E-state index >= 15 is 0 Å². The van der Waals surface area contributed by atoms with Gasteiger partial charge < -0.3 is 0 Å². The molecule has 0 N–H and O–H groups in total. The average Bonchev–Trinajstić information content (AvgIpc) is 2.15. The Kier molecular flexibility index (Phi) is 3.52. The molecule has 16 heavy (non-hydrogen) atoms. The number of benzene rings is 1. The van der Waals surface area contributed by atoms with Crippen molar-refractivity contribution in [2.24, 2.45) is 0 Å². The molecule has 0 aromatic heterocycles. The molecule has 1 rings (SSSR count). The first-order chi connectivity index (χ1) is 7.23. The Morgan fingerprint density at radius 3 is 2.25 bits per heavy atom. The second-order valence-electron chi connectivity index (χ2n) is 2.86. The second-order valence-corrected chi connectivity index (χ2v) is 3.27. The van der Waals surface area contributed by atoms with Gasteiger partial charge in [-0.2, -0.15) is 13.2 Å². The maximum Gasteiger partial charge on any atom is 0.454 e. The molecule has 0 spiro atoms. The molecule has 1 aromatic carbocycles. The summed E-state index contributed by atoms with van der Waals surface area (Å²) in [5.74, 6) is -2.17. The van der Waals surface area contributed by atoms with Gasteiger partial charge in [-0.1, -0.05) is 11.6 Å². The Morgan fingerprint density at radius 2 is 1.81 bits per heavy atom. The van der Waals surface area contributed by atoms with Gasteiger partial charge in [0.25, 0.3) is 12.2 Å². The first-order valence-corrected chi connectivity index (χ1v) is 4.30. The van der Waals surface area contributed by atoms with Gasteiger partial charge in [0.15, 0.2) is 0 Å². The van der Waals surface area contributed by atoms with Crippen molar-refractivity contribution in [3.8, 4) is 0 Å². The highest BCUT2D eigenvalue weighted by atomic mass is 35.5. The molecule has 0 radical (unpaired) electrons. The highest BCUT2D eigenvalue weighted by molar-refractivity contribution is 6.31. The number of carbonyl (C=O) groups is 1. The summed E-state index contributed by atoms with van der Waals surface area (Å²) < 4.78 is 60.6. The fourth-order valence-corrected chi connectivity index (χ4v) is 1.22. The van der Waals surface area contributed by atoms with Crippen LogP contribution >= 0.6 is 11.6 Å². The van der Waals surface area contributed by atoms with Crippen molar-refractivity contribution in [2.75, 3.05) is 0 Å². The van der Waals surface area contributed by atoms with Crippen molar-refractivity contribution in [1.82, 2.24) is 0 Å². The quantitative estimate of drug-likeness (QED) is 0.578. The standard InChI is InChI=1S/C9H4ClF5O/c10-6-2-1-4(3-5(6)8(11)12)7(16)9(13,14)15/h1-3,8H. The predicted octanol–water partition coefficient (Wildman–Crippen LogP) is 4.02. The van der Waals surface area contributed by atoms with Gasteiger partial charge in [-0.15, -0.1) is 0 Å². The van der Waals surface area contributed by atoms with Crippen LogP contribution in [0.25, 0.3) is 0 Å². The van der Waals surface area contributed by atoms with E-state index in [0.717, 1.165) is 12.1 Å². The van der Waals surface area contributed by atoms with Crippen LogP contribution in [0.3, 0.4) is 0 Å². The average molecular weight is 259 g/mol. The number of hydrogen-bond acceptors (Lipinski definition) is 1. The lowest BCUT2D eigenvalue weighted by Gasteiger charge is -2.08. The Balaban J connectivity index is 3.18. The van der Waals surface area contributed by atoms with E-state index < -0.39 is 29.5 Å². The lowest BCUT2D eigenvalue weighted by Crippen LogP contribution is -2.22. The van der Waals surface area contributed by atoms with Gasteiger partial charge in [0.1, 0.15) is 0 Å². The highest BCUT2D eigenvalue weighted by Crippen LogP contribution is 2.30. The van der Waals surface area contributed by atoms with Gasteiger partial charge in [0, 0.05) is 16.1 Å². The van der Waals surface area contributed by atoms with Crippen molar-refractivity contribution >= 4 is 17.4 Å². The van der Waals surface area contributed by atoms with Crippen molar-refractivity contribution in [1.29, 1.82) is 0 Å². The van der Waals surface area contributed by atoms with Crippen molar-refractivity contribution in [3.63, 3.8) is 0 Å². The summed E-state index contributed by atoms with van der Waals surface area (Å²) in [6.07, 6.45) is -8.12. The monoisotopic (exact) mass is 258 g/mol. The number of rotatable bonds is 2. The van der Waals surface area contributed by atoms with Gasteiger partial charge in [-0.05, 0) is 18.2 Å². The van der Waals surface area contributed by atoms with Gasteiger partial charge >= 0.3 is 6.18 Å². The third-order valence-corrected chi connectivity index (χ3v) is 2.09. The van der Waals surface area contributed by atoms with E-state index in [1.165, 1.54) is 0 Å². The van der Waals surface area contributed by atoms with Crippen molar-refractivity contribution in [2.45, 2.75) is 12.6 Å². The highest BCUT2D eigenvalue weighted by Gasteiger charge is 2.39. The van der Waals surface area contributed by atoms with E-state index in [1.807, 2.05) is 0 Å². The molecular formula is C9H4ClF5O. The minimum atomic E-state index is -5.09. The summed E-state index contributed by atoms with van der Waals surface area (Å²) in [6.45, 7) is 0. The second kappa shape index (κ2) is 4.37. The molecule has 0 saturated carbocycles.